The highest BCUT2D eigenvalue weighted by Gasteiger charge is 2.05. The van der Waals surface area contributed by atoms with Crippen molar-refractivity contribution in [3.63, 3.8) is 0 Å². The number of anilines is 1. The standard InChI is InChI=1S/C17H15ClN2S/c1-12-6-8-13(9-7-12)15-4-2-3-5-16(15)19-10-14-11-20-17(18)21-14/h2-9,11,19H,10H2,1H3. The predicted molar refractivity (Wildman–Crippen MR) is 91.1 cm³/mol. The van der Waals surface area contributed by atoms with E-state index >= 15 is 0 Å². The molecule has 0 unspecified atom stereocenters. The van der Waals surface area contributed by atoms with Crippen LogP contribution >= 0.6 is 22.9 Å². The van der Waals surface area contributed by atoms with Gasteiger partial charge in [0.15, 0.2) is 4.47 Å². The minimum Gasteiger partial charge on any atom is -0.380 e. The molecule has 0 atom stereocenters. The topological polar surface area (TPSA) is 24.9 Å². The molecule has 0 saturated carbocycles. The van der Waals surface area contributed by atoms with Gasteiger partial charge in [0.25, 0.3) is 0 Å². The summed E-state index contributed by atoms with van der Waals surface area (Å²) in [4.78, 5) is 5.19. The summed E-state index contributed by atoms with van der Waals surface area (Å²) in [6.07, 6.45) is 1.81. The number of nitrogens with zero attached hydrogens (tertiary/aromatic N) is 1. The SMILES string of the molecule is Cc1ccc(-c2ccccc2NCc2cnc(Cl)s2)cc1. The molecule has 1 N–H and O–H groups in total. The van der Waals surface area contributed by atoms with E-state index in [0.29, 0.717) is 4.47 Å². The third kappa shape index (κ3) is 3.43. The molecule has 0 amide bonds. The fraction of sp³-hybridized carbons (Fsp3) is 0.118. The van der Waals surface area contributed by atoms with Gasteiger partial charge in [-0.25, -0.2) is 4.98 Å². The van der Waals surface area contributed by atoms with Crippen LogP contribution in [0.15, 0.2) is 54.7 Å². The second-order valence-electron chi connectivity index (χ2n) is 4.84. The maximum atomic E-state index is 5.86. The molecule has 1 heterocycles. The van der Waals surface area contributed by atoms with E-state index in [2.05, 4.69) is 59.7 Å². The highest BCUT2D eigenvalue weighted by molar-refractivity contribution is 7.15. The van der Waals surface area contributed by atoms with Crippen LogP contribution in [0, 0.1) is 6.92 Å². The number of nitrogens with one attached hydrogen (secondary N) is 1. The van der Waals surface area contributed by atoms with Crippen molar-refractivity contribution in [3.8, 4) is 11.1 Å². The summed E-state index contributed by atoms with van der Waals surface area (Å²) in [6, 6.07) is 16.9. The molecule has 0 fully saturated rings. The molecule has 3 aromatic rings. The van der Waals surface area contributed by atoms with Gasteiger partial charge in [0.1, 0.15) is 0 Å². The highest BCUT2D eigenvalue weighted by atomic mass is 35.5. The quantitative estimate of drug-likeness (QED) is 0.699. The lowest BCUT2D eigenvalue weighted by atomic mass is 10.0. The van der Waals surface area contributed by atoms with Crippen molar-refractivity contribution in [2.75, 3.05) is 5.32 Å². The first-order valence-electron chi connectivity index (χ1n) is 6.72. The first kappa shape index (κ1) is 14.1. The predicted octanol–water partition coefficient (Wildman–Crippen LogP) is 5.38. The third-order valence-corrected chi connectivity index (χ3v) is 4.38. The van der Waals surface area contributed by atoms with E-state index in [1.54, 1.807) is 0 Å². The number of halogens is 1. The Morgan fingerprint density at radius 1 is 1.10 bits per heavy atom. The minimum atomic E-state index is 0.582. The lowest BCUT2D eigenvalue weighted by Gasteiger charge is -2.11. The zero-order valence-corrected chi connectivity index (χ0v) is 13.2. The Bertz CT molecular complexity index is 735. The van der Waals surface area contributed by atoms with Crippen molar-refractivity contribution in [1.82, 2.24) is 4.98 Å². The van der Waals surface area contributed by atoms with E-state index in [4.69, 9.17) is 11.6 Å². The molecular formula is C17H15ClN2S. The number of benzene rings is 2. The first-order valence-corrected chi connectivity index (χ1v) is 7.92. The number of hydrogen-bond donors (Lipinski definition) is 1. The van der Waals surface area contributed by atoms with Gasteiger partial charge in [-0.05, 0) is 18.6 Å². The molecule has 0 saturated heterocycles. The Morgan fingerprint density at radius 2 is 1.86 bits per heavy atom. The molecule has 106 valence electrons. The second kappa shape index (κ2) is 6.29. The van der Waals surface area contributed by atoms with Crippen LogP contribution < -0.4 is 5.32 Å². The van der Waals surface area contributed by atoms with Gasteiger partial charge in [0.05, 0.1) is 6.54 Å². The molecule has 0 aliphatic rings. The van der Waals surface area contributed by atoms with Gasteiger partial charge in [0, 0.05) is 22.3 Å². The number of aryl methyl sites for hydroxylation is 1. The van der Waals surface area contributed by atoms with E-state index in [9.17, 15) is 0 Å². The maximum absolute atomic E-state index is 5.86. The summed E-state index contributed by atoms with van der Waals surface area (Å²) in [6.45, 7) is 2.83. The Kier molecular flexibility index (Phi) is 4.23. The zero-order valence-electron chi connectivity index (χ0n) is 11.6. The van der Waals surface area contributed by atoms with E-state index in [1.807, 2.05) is 12.3 Å². The molecule has 0 aliphatic heterocycles. The molecule has 2 aromatic carbocycles. The van der Waals surface area contributed by atoms with Crippen molar-refractivity contribution in [2.45, 2.75) is 13.5 Å². The fourth-order valence-electron chi connectivity index (χ4n) is 2.17. The van der Waals surface area contributed by atoms with Crippen LogP contribution in [0.4, 0.5) is 5.69 Å². The molecule has 1 aromatic heterocycles. The Morgan fingerprint density at radius 3 is 2.57 bits per heavy atom. The van der Waals surface area contributed by atoms with Gasteiger partial charge in [-0.1, -0.05) is 59.6 Å². The number of aromatic nitrogens is 1. The zero-order chi connectivity index (χ0) is 14.7. The van der Waals surface area contributed by atoms with Crippen molar-refractivity contribution in [1.29, 1.82) is 0 Å². The molecular weight excluding hydrogens is 300 g/mol. The molecule has 3 rings (SSSR count). The van der Waals surface area contributed by atoms with E-state index in [1.165, 1.54) is 28.0 Å². The summed E-state index contributed by atoms with van der Waals surface area (Å²) in [5.74, 6) is 0. The third-order valence-electron chi connectivity index (χ3n) is 3.27. The monoisotopic (exact) mass is 314 g/mol. The van der Waals surface area contributed by atoms with Crippen molar-refractivity contribution in [2.24, 2.45) is 0 Å². The summed E-state index contributed by atoms with van der Waals surface area (Å²) >= 11 is 7.37. The first-order chi connectivity index (χ1) is 10.2. The minimum absolute atomic E-state index is 0.582. The molecule has 0 bridgehead atoms. The summed E-state index contributed by atoms with van der Waals surface area (Å²) < 4.78 is 0.582. The molecule has 0 radical (unpaired) electrons. The van der Waals surface area contributed by atoms with E-state index in [-0.39, 0.29) is 0 Å². The fourth-order valence-corrected chi connectivity index (χ4v) is 3.09. The van der Waals surface area contributed by atoms with Gasteiger partial charge in [-0.15, -0.1) is 11.3 Å². The number of thiazole rings is 1. The highest BCUT2D eigenvalue weighted by Crippen LogP contribution is 2.29. The van der Waals surface area contributed by atoms with Crippen LogP contribution in [0.2, 0.25) is 4.47 Å². The Balaban J connectivity index is 1.84. The van der Waals surface area contributed by atoms with Gasteiger partial charge in [0.2, 0.25) is 0 Å². The van der Waals surface area contributed by atoms with E-state index < -0.39 is 0 Å². The number of hydrogen-bond acceptors (Lipinski definition) is 3. The Hall–Kier alpha value is -1.84. The van der Waals surface area contributed by atoms with Crippen LogP contribution in [0.1, 0.15) is 10.4 Å². The second-order valence-corrected chi connectivity index (χ2v) is 6.54. The Labute approximate surface area is 133 Å². The van der Waals surface area contributed by atoms with Gasteiger partial charge >= 0.3 is 0 Å². The summed E-state index contributed by atoms with van der Waals surface area (Å²) in [7, 11) is 0. The van der Waals surface area contributed by atoms with Crippen LogP contribution in [0.3, 0.4) is 0 Å². The molecule has 21 heavy (non-hydrogen) atoms. The maximum Gasteiger partial charge on any atom is 0.183 e. The van der Waals surface area contributed by atoms with Crippen molar-refractivity contribution >= 4 is 28.6 Å². The average Bonchev–Trinajstić information content (AvgIpc) is 2.92. The number of rotatable bonds is 4. The lowest BCUT2D eigenvalue weighted by Crippen LogP contribution is -1.99. The summed E-state index contributed by atoms with van der Waals surface area (Å²) in [5.41, 5.74) is 4.80. The van der Waals surface area contributed by atoms with E-state index in [0.717, 1.165) is 17.1 Å². The molecule has 4 heteroatoms. The van der Waals surface area contributed by atoms with Gasteiger partial charge < -0.3 is 5.32 Å². The van der Waals surface area contributed by atoms with Crippen LogP contribution in [0.25, 0.3) is 11.1 Å². The normalized spacial score (nSPS) is 10.6. The molecule has 0 aliphatic carbocycles. The molecule has 0 spiro atoms. The smallest absolute Gasteiger partial charge is 0.183 e. The van der Waals surface area contributed by atoms with Crippen molar-refractivity contribution < 1.29 is 0 Å². The van der Waals surface area contributed by atoms with Crippen LogP contribution in [-0.4, -0.2) is 4.98 Å². The van der Waals surface area contributed by atoms with Gasteiger partial charge in [-0.2, -0.15) is 0 Å². The molecule has 2 nitrogen and oxygen atoms in total. The summed E-state index contributed by atoms with van der Waals surface area (Å²) in [5, 5.41) is 3.47. The average molecular weight is 315 g/mol. The van der Waals surface area contributed by atoms with Gasteiger partial charge in [-0.3, -0.25) is 0 Å². The van der Waals surface area contributed by atoms with Crippen molar-refractivity contribution in [3.05, 3.63) is 69.6 Å². The lowest BCUT2D eigenvalue weighted by molar-refractivity contribution is 1.18. The van der Waals surface area contributed by atoms with Crippen LogP contribution in [-0.2, 0) is 6.54 Å². The van der Waals surface area contributed by atoms with Crippen LogP contribution in [0.5, 0.6) is 0 Å². The number of para-hydroxylation sites is 1. The largest absolute Gasteiger partial charge is 0.380 e.